The Kier molecular flexibility index (Phi) is 4.22. The van der Waals surface area contributed by atoms with E-state index in [0.29, 0.717) is 5.92 Å². The van der Waals surface area contributed by atoms with Gasteiger partial charge in [-0.05, 0) is 49.4 Å². The first-order valence-electron chi connectivity index (χ1n) is 6.02. The highest BCUT2D eigenvalue weighted by molar-refractivity contribution is 5.55. The van der Waals surface area contributed by atoms with Crippen LogP contribution >= 0.6 is 0 Å². The molecule has 1 aromatic rings. The van der Waals surface area contributed by atoms with Crippen molar-refractivity contribution in [3.8, 4) is 5.75 Å². The summed E-state index contributed by atoms with van der Waals surface area (Å²) in [5.74, 6) is 1.41. The van der Waals surface area contributed by atoms with Crippen molar-refractivity contribution in [2.45, 2.75) is 53.1 Å². The average molecular weight is 221 g/mol. The first-order valence-corrected chi connectivity index (χ1v) is 6.02. The van der Waals surface area contributed by atoms with Crippen LogP contribution in [-0.4, -0.2) is 6.10 Å². The molecule has 90 valence electrons. The number of nitrogen functional groups attached to an aromatic ring is 1. The molecule has 0 aromatic heterocycles. The Bertz CT molecular complexity index is 358. The lowest BCUT2D eigenvalue weighted by Crippen LogP contribution is -2.12. The maximum atomic E-state index is 5.94. The van der Waals surface area contributed by atoms with E-state index < -0.39 is 0 Å². The number of nitrogens with two attached hydrogens (primary N) is 1. The number of ether oxygens (including phenoxy) is 1. The molecule has 0 aliphatic carbocycles. The van der Waals surface area contributed by atoms with Gasteiger partial charge in [0.25, 0.3) is 0 Å². The zero-order valence-corrected chi connectivity index (χ0v) is 11.0. The standard InChI is InChI=1S/C14H23NO/c1-6-11(5)16-14-7-10(4)13(15)8-12(14)9(2)3/h7-9,11H,6,15H2,1-5H3. The van der Waals surface area contributed by atoms with Crippen molar-refractivity contribution in [1.29, 1.82) is 0 Å². The number of hydrogen-bond donors (Lipinski definition) is 1. The van der Waals surface area contributed by atoms with Gasteiger partial charge in [-0.3, -0.25) is 0 Å². The van der Waals surface area contributed by atoms with Crippen LogP contribution in [0.1, 0.15) is 51.2 Å². The van der Waals surface area contributed by atoms with Gasteiger partial charge in [0.05, 0.1) is 6.10 Å². The third kappa shape index (κ3) is 2.91. The topological polar surface area (TPSA) is 35.2 Å². The Labute approximate surface area is 98.8 Å². The maximum absolute atomic E-state index is 5.94. The molecule has 2 heteroatoms. The first-order chi connectivity index (χ1) is 7.45. The van der Waals surface area contributed by atoms with Crippen molar-refractivity contribution in [2.24, 2.45) is 0 Å². The summed E-state index contributed by atoms with van der Waals surface area (Å²) < 4.78 is 5.94. The van der Waals surface area contributed by atoms with Gasteiger partial charge in [0.2, 0.25) is 0 Å². The molecule has 0 spiro atoms. The van der Waals surface area contributed by atoms with Crippen LogP contribution in [-0.2, 0) is 0 Å². The molecular weight excluding hydrogens is 198 g/mol. The zero-order chi connectivity index (χ0) is 12.3. The molecule has 1 atom stereocenters. The summed E-state index contributed by atoms with van der Waals surface area (Å²) in [7, 11) is 0. The molecule has 0 saturated carbocycles. The summed E-state index contributed by atoms with van der Waals surface area (Å²) in [4.78, 5) is 0. The fourth-order valence-corrected chi connectivity index (χ4v) is 1.57. The van der Waals surface area contributed by atoms with Gasteiger partial charge in [0.15, 0.2) is 0 Å². The molecular formula is C14H23NO. The quantitative estimate of drug-likeness (QED) is 0.783. The summed E-state index contributed by atoms with van der Waals surface area (Å²) in [6.07, 6.45) is 1.27. The molecule has 2 nitrogen and oxygen atoms in total. The minimum Gasteiger partial charge on any atom is -0.490 e. The molecule has 0 bridgehead atoms. The first kappa shape index (κ1) is 12.9. The van der Waals surface area contributed by atoms with E-state index in [9.17, 15) is 0 Å². The SMILES string of the molecule is CCC(C)Oc1cc(C)c(N)cc1C(C)C. The van der Waals surface area contributed by atoms with Crippen molar-refractivity contribution in [2.75, 3.05) is 5.73 Å². The third-order valence-corrected chi connectivity index (χ3v) is 2.92. The van der Waals surface area contributed by atoms with E-state index in [-0.39, 0.29) is 6.10 Å². The normalized spacial score (nSPS) is 12.9. The zero-order valence-electron chi connectivity index (χ0n) is 11.0. The van der Waals surface area contributed by atoms with Crippen LogP contribution in [0.4, 0.5) is 5.69 Å². The summed E-state index contributed by atoms with van der Waals surface area (Å²) in [5, 5.41) is 0. The summed E-state index contributed by atoms with van der Waals surface area (Å²) >= 11 is 0. The van der Waals surface area contributed by atoms with Crippen molar-refractivity contribution >= 4 is 5.69 Å². The fraction of sp³-hybridized carbons (Fsp3) is 0.571. The van der Waals surface area contributed by atoms with Crippen molar-refractivity contribution < 1.29 is 4.74 Å². The van der Waals surface area contributed by atoms with Gasteiger partial charge >= 0.3 is 0 Å². The van der Waals surface area contributed by atoms with Gasteiger partial charge in [0, 0.05) is 5.69 Å². The fourth-order valence-electron chi connectivity index (χ4n) is 1.57. The van der Waals surface area contributed by atoms with Gasteiger partial charge in [-0.25, -0.2) is 0 Å². The highest BCUT2D eigenvalue weighted by Crippen LogP contribution is 2.31. The van der Waals surface area contributed by atoms with Gasteiger partial charge < -0.3 is 10.5 Å². The van der Waals surface area contributed by atoms with E-state index in [1.54, 1.807) is 0 Å². The lowest BCUT2D eigenvalue weighted by atomic mass is 9.99. The van der Waals surface area contributed by atoms with Crippen LogP contribution in [0.15, 0.2) is 12.1 Å². The molecule has 0 heterocycles. The number of rotatable bonds is 4. The molecule has 1 unspecified atom stereocenters. The molecule has 16 heavy (non-hydrogen) atoms. The lowest BCUT2D eigenvalue weighted by Gasteiger charge is -2.19. The van der Waals surface area contributed by atoms with Crippen molar-refractivity contribution in [1.82, 2.24) is 0 Å². The van der Waals surface area contributed by atoms with E-state index in [0.717, 1.165) is 23.4 Å². The lowest BCUT2D eigenvalue weighted by molar-refractivity contribution is 0.214. The largest absolute Gasteiger partial charge is 0.490 e. The summed E-state index contributed by atoms with van der Waals surface area (Å²) in [5.41, 5.74) is 9.07. The maximum Gasteiger partial charge on any atom is 0.123 e. The van der Waals surface area contributed by atoms with E-state index in [1.165, 1.54) is 5.56 Å². The number of anilines is 1. The average Bonchev–Trinajstić information content (AvgIpc) is 2.22. The van der Waals surface area contributed by atoms with E-state index in [4.69, 9.17) is 10.5 Å². The van der Waals surface area contributed by atoms with Crippen LogP contribution in [0.3, 0.4) is 0 Å². The Morgan fingerprint density at radius 1 is 1.25 bits per heavy atom. The van der Waals surface area contributed by atoms with Crippen LogP contribution in [0, 0.1) is 6.92 Å². The van der Waals surface area contributed by atoms with Crippen LogP contribution in [0.25, 0.3) is 0 Å². The van der Waals surface area contributed by atoms with E-state index in [1.807, 2.05) is 13.0 Å². The van der Waals surface area contributed by atoms with Gasteiger partial charge in [0.1, 0.15) is 5.75 Å². The minimum absolute atomic E-state index is 0.250. The second-order valence-corrected chi connectivity index (χ2v) is 4.74. The smallest absolute Gasteiger partial charge is 0.123 e. The predicted molar refractivity (Wildman–Crippen MR) is 70.1 cm³/mol. The van der Waals surface area contributed by atoms with Crippen LogP contribution in [0.2, 0.25) is 0 Å². The van der Waals surface area contributed by atoms with Gasteiger partial charge in [-0.15, -0.1) is 0 Å². The summed E-state index contributed by atoms with van der Waals surface area (Å²) in [6.45, 7) is 10.6. The minimum atomic E-state index is 0.250. The molecule has 2 N–H and O–H groups in total. The highest BCUT2D eigenvalue weighted by atomic mass is 16.5. The van der Waals surface area contributed by atoms with Gasteiger partial charge in [-0.1, -0.05) is 20.8 Å². The van der Waals surface area contributed by atoms with E-state index in [2.05, 4.69) is 33.8 Å². The molecule has 0 amide bonds. The molecule has 0 radical (unpaired) electrons. The highest BCUT2D eigenvalue weighted by Gasteiger charge is 2.12. The van der Waals surface area contributed by atoms with Gasteiger partial charge in [-0.2, -0.15) is 0 Å². The Hall–Kier alpha value is -1.18. The van der Waals surface area contributed by atoms with Crippen LogP contribution in [0.5, 0.6) is 5.75 Å². The molecule has 1 rings (SSSR count). The molecule has 0 aliphatic rings. The predicted octanol–water partition coefficient (Wildman–Crippen LogP) is 3.88. The third-order valence-electron chi connectivity index (χ3n) is 2.92. The summed E-state index contributed by atoms with van der Waals surface area (Å²) in [6, 6.07) is 4.09. The van der Waals surface area contributed by atoms with Crippen molar-refractivity contribution in [3.63, 3.8) is 0 Å². The van der Waals surface area contributed by atoms with E-state index >= 15 is 0 Å². The molecule has 0 saturated heterocycles. The monoisotopic (exact) mass is 221 g/mol. The number of benzene rings is 1. The van der Waals surface area contributed by atoms with Crippen molar-refractivity contribution in [3.05, 3.63) is 23.3 Å². The second-order valence-electron chi connectivity index (χ2n) is 4.74. The van der Waals surface area contributed by atoms with Crippen LogP contribution < -0.4 is 10.5 Å². The Morgan fingerprint density at radius 2 is 1.88 bits per heavy atom. The second kappa shape index (κ2) is 5.24. The Morgan fingerprint density at radius 3 is 2.38 bits per heavy atom. The molecule has 1 aromatic carbocycles. The Balaban J connectivity index is 3.09. The number of aryl methyl sites for hydroxylation is 1. The number of hydrogen-bond acceptors (Lipinski definition) is 2. The molecule has 0 aliphatic heterocycles. The molecule has 0 fully saturated rings.